The van der Waals surface area contributed by atoms with Crippen molar-refractivity contribution in [1.29, 1.82) is 0 Å². The number of nitrogens with one attached hydrogen (secondary N) is 2. The van der Waals surface area contributed by atoms with E-state index in [0.717, 1.165) is 43.6 Å². The molecule has 0 aliphatic carbocycles. The second-order valence-corrected chi connectivity index (χ2v) is 9.38. The normalized spacial score (nSPS) is 15.0. The minimum absolute atomic E-state index is 0.0274. The molecule has 3 rings (SSSR count). The number of hydrogen-bond acceptors (Lipinski definition) is 6. The van der Waals surface area contributed by atoms with Crippen molar-refractivity contribution in [2.75, 3.05) is 45.2 Å². The fraction of sp³-hybridized carbons (Fsp3) is 0.542. The third-order valence-corrected chi connectivity index (χ3v) is 6.77. The Balaban J connectivity index is 1.45. The van der Waals surface area contributed by atoms with Gasteiger partial charge in [-0.05, 0) is 75.9 Å². The summed E-state index contributed by atoms with van der Waals surface area (Å²) in [6.07, 6.45) is 2.37. The highest BCUT2D eigenvalue weighted by atomic mass is 32.1. The van der Waals surface area contributed by atoms with Gasteiger partial charge >= 0.3 is 0 Å². The largest absolute Gasteiger partial charge is 0.385 e. The summed E-state index contributed by atoms with van der Waals surface area (Å²) < 4.78 is 5.00. The van der Waals surface area contributed by atoms with Crippen LogP contribution in [0, 0.1) is 26.7 Å². The topological polar surface area (TPSA) is 83.6 Å². The number of anilines is 1. The van der Waals surface area contributed by atoms with Crippen molar-refractivity contribution in [2.24, 2.45) is 5.92 Å². The Hall–Kier alpha value is -2.29. The number of aryl methyl sites for hydroxylation is 3. The second kappa shape index (κ2) is 11.5. The summed E-state index contributed by atoms with van der Waals surface area (Å²) in [5, 5.41) is 8.52. The van der Waals surface area contributed by atoms with Gasteiger partial charge < -0.3 is 15.4 Å². The van der Waals surface area contributed by atoms with Gasteiger partial charge in [-0.3, -0.25) is 14.5 Å². The molecule has 1 aromatic heterocycles. The number of thiazole rings is 1. The lowest BCUT2D eigenvalue weighted by Gasteiger charge is -2.30. The van der Waals surface area contributed by atoms with Crippen molar-refractivity contribution in [2.45, 2.75) is 40.0 Å². The van der Waals surface area contributed by atoms with Crippen LogP contribution >= 0.6 is 11.3 Å². The average molecular weight is 459 g/mol. The Bertz CT molecular complexity index is 935. The average Bonchev–Trinajstić information content (AvgIpc) is 3.22. The number of carbonyl (C=O) groups excluding carboxylic acids is 2. The molecule has 1 aliphatic heterocycles. The molecular formula is C24H34N4O3S. The quantitative estimate of drug-likeness (QED) is 0.562. The summed E-state index contributed by atoms with van der Waals surface area (Å²) in [6, 6.07) is 4.33. The highest BCUT2D eigenvalue weighted by Crippen LogP contribution is 2.29. The third-order valence-electron chi connectivity index (χ3n) is 6.02. The molecule has 8 heteroatoms. The van der Waals surface area contributed by atoms with Crippen LogP contribution in [-0.4, -0.2) is 61.6 Å². The third kappa shape index (κ3) is 6.60. The van der Waals surface area contributed by atoms with E-state index in [9.17, 15) is 9.59 Å². The van der Waals surface area contributed by atoms with E-state index >= 15 is 0 Å². The molecule has 1 aliphatic rings. The maximum absolute atomic E-state index is 12.5. The summed E-state index contributed by atoms with van der Waals surface area (Å²) in [7, 11) is 1.66. The van der Waals surface area contributed by atoms with Crippen LogP contribution in [0.4, 0.5) is 5.13 Å². The van der Waals surface area contributed by atoms with E-state index in [4.69, 9.17) is 4.74 Å². The van der Waals surface area contributed by atoms with E-state index in [1.54, 1.807) is 7.11 Å². The summed E-state index contributed by atoms with van der Waals surface area (Å²) in [5.41, 5.74) is 5.68. The van der Waals surface area contributed by atoms with E-state index in [1.807, 2.05) is 5.38 Å². The number of nitrogens with zero attached hydrogens (tertiary/aromatic N) is 2. The van der Waals surface area contributed by atoms with Crippen LogP contribution in [0.15, 0.2) is 17.5 Å². The SMILES string of the molecule is COCCCNC(=O)C1CCN(CC(=O)Nc2nc(-c3cc(C)c(C)cc3C)cs2)CC1. The maximum Gasteiger partial charge on any atom is 0.240 e. The highest BCUT2D eigenvalue weighted by Gasteiger charge is 2.25. The first-order valence-corrected chi connectivity index (χ1v) is 12.1. The van der Waals surface area contributed by atoms with Gasteiger partial charge in [0, 0.05) is 37.1 Å². The fourth-order valence-electron chi connectivity index (χ4n) is 3.98. The zero-order valence-electron chi connectivity index (χ0n) is 19.5. The van der Waals surface area contributed by atoms with Gasteiger partial charge in [0.2, 0.25) is 11.8 Å². The van der Waals surface area contributed by atoms with Crippen molar-refractivity contribution >= 4 is 28.3 Å². The lowest BCUT2D eigenvalue weighted by atomic mass is 9.96. The number of piperidine rings is 1. The van der Waals surface area contributed by atoms with Crippen LogP contribution in [0.1, 0.15) is 36.0 Å². The van der Waals surface area contributed by atoms with Gasteiger partial charge in [-0.1, -0.05) is 6.07 Å². The van der Waals surface area contributed by atoms with E-state index in [1.165, 1.54) is 28.0 Å². The molecule has 32 heavy (non-hydrogen) atoms. The number of benzene rings is 1. The predicted octanol–water partition coefficient (Wildman–Crippen LogP) is 3.54. The van der Waals surface area contributed by atoms with Gasteiger partial charge in [-0.2, -0.15) is 0 Å². The van der Waals surface area contributed by atoms with Crippen LogP contribution in [0.25, 0.3) is 11.3 Å². The first kappa shape index (κ1) is 24.4. The standard InChI is InChI=1S/C24H34N4O3S/c1-16-12-18(3)20(13-17(16)2)21-15-32-24(26-21)27-22(29)14-28-9-6-19(7-10-28)23(30)25-8-5-11-31-4/h12-13,15,19H,5-11,14H2,1-4H3,(H,25,30)(H,26,27,29). The van der Waals surface area contributed by atoms with E-state index in [-0.39, 0.29) is 17.7 Å². The molecule has 2 aromatic rings. The second-order valence-electron chi connectivity index (χ2n) is 8.53. The van der Waals surface area contributed by atoms with Gasteiger partial charge in [-0.25, -0.2) is 4.98 Å². The Morgan fingerprint density at radius 1 is 1.16 bits per heavy atom. The number of hydrogen-bond donors (Lipinski definition) is 2. The minimum Gasteiger partial charge on any atom is -0.385 e. The van der Waals surface area contributed by atoms with Crippen LogP contribution < -0.4 is 10.6 Å². The highest BCUT2D eigenvalue weighted by molar-refractivity contribution is 7.14. The number of methoxy groups -OCH3 is 1. The van der Waals surface area contributed by atoms with Gasteiger partial charge in [0.05, 0.1) is 12.2 Å². The van der Waals surface area contributed by atoms with Crippen molar-refractivity contribution in [3.8, 4) is 11.3 Å². The summed E-state index contributed by atoms with van der Waals surface area (Å²) in [4.78, 5) is 31.5. The summed E-state index contributed by atoms with van der Waals surface area (Å²) >= 11 is 1.45. The molecule has 0 unspecified atom stereocenters. The van der Waals surface area contributed by atoms with Crippen molar-refractivity contribution in [1.82, 2.24) is 15.2 Å². The molecule has 1 saturated heterocycles. The molecule has 174 valence electrons. The Labute approximate surface area is 194 Å². The molecule has 2 amide bonds. The van der Waals surface area contributed by atoms with E-state index in [2.05, 4.69) is 53.4 Å². The van der Waals surface area contributed by atoms with Crippen LogP contribution in [-0.2, 0) is 14.3 Å². The van der Waals surface area contributed by atoms with Crippen LogP contribution in [0.2, 0.25) is 0 Å². The Kier molecular flexibility index (Phi) is 8.78. The first-order valence-electron chi connectivity index (χ1n) is 11.2. The number of likely N-dealkylation sites (tertiary alicyclic amines) is 1. The van der Waals surface area contributed by atoms with Gasteiger partial charge in [0.1, 0.15) is 0 Å². The van der Waals surface area contributed by atoms with E-state index in [0.29, 0.717) is 24.8 Å². The zero-order chi connectivity index (χ0) is 23.1. The first-order chi connectivity index (χ1) is 15.4. The number of ether oxygens (including phenoxy) is 1. The molecule has 1 aromatic carbocycles. The molecule has 0 atom stereocenters. The molecule has 0 bridgehead atoms. The Morgan fingerprint density at radius 2 is 1.88 bits per heavy atom. The Morgan fingerprint density at radius 3 is 2.59 bits per heavy atom. The van der Waals surface area contributed by atoms with Crippen LogP contribution in [0.5, 0.6) is 0 Å². The number of rotatable bonds is 9. The summed E-state index contributed by atoms with van der Waals surface area (Å²) in [5.74, 6) is 0.0758. The van der Waals surface area contributed by atoms with E-state index < -0.39 is 0 Å². The van der Waals surface area contributed by atoms with Crippen LogP contribution in [0.3, 0.4) is 0 Å². The monoisotopic (exact) mass is 458 g/mol. The molecule has 0 spiro atoms. The molecule has 2 N–H and O–H groups in total. The lowest BCUT2D eigenvalue weighted by molar-refractivity contribution is -0.126. The maximum atomic E-state index is 12.5. The molecule has 1 fully saturated rings. The van der Waals surface area contributed by atoms with Crippen molar-refractivity contribution in [3.05, 3.63) is 34.2 Å². The number of amides is 2. The molecular weight excluding hydrogens is 424 g/mol. The minimum atomic E-state index is -0.0647. The fourth-order valence-corrected chi connectivity index (χ4v) is 4.71. The zero-order valence-corrected chi connectivity index (χ0v) is 20.3. The molecule has 0 saturated carbocycles. The predicted molar refractivity (Wildman–Crippen MR) is 129 cm³/mol. The number of carbonyl (C=O) groups is 2. The lowest BCUT2D eigenvalue weighted by Crippen LogP contribution is -2.43. The van der Waals surface area contributed by atoms with Crippen molar-refractivity contribution < 1.29 is 14.3 Å². The molecule has 0 radical (unpaired) electrons. The number of aromatic nitrogens is 1. The van der Waals surface area contributed by atoms with Gasteiger partial charge in [0.15, 0.2) is 5.13 Å². The van der Waals surface area contributed by atoms with Gasteiger partial charge in [0.25, 0.3) is 0 Å². The van der Waals surface area contributed by atoms with Crippen molar-refractivity contribution in [3.63, 3.8) is 0 Å². The molecule has 2 heterocycles. The van der Waals surface area contributed by atoms with Gasteiger partial charge in [-0.15, -0.1) is 11.3 Å². The molecule has 7 nitrogen and oxygen atoms in total. The summed E-state index contributed by atoms with van der Waals surface area (Å²) in [6.45, 7) is 9.40. The smallest absolute Gasteiger partial charge is 0.240 e.